The van der Waals surface area contributed by atoms with E-state index in [1.54, 1.807) is 11.3 Å². The number of amides is 1. The van der Waals surface area contributed by atoms with Crippen molar-refractivity contribution in [2.75, 3.05) is 13.1 Å². The lowest BCUT2D eigenvalue weighted by molar-refractivity contribution is 0.0934. The molecule has 126 valence electrons. The van der Waals surface area contributed by atoms with Gasteiger partial charge in [0.05, 0.1) is 6.04 Å². The molecule has 3 rings (SSSR count). The molecule has 1 fully saturated rings. The van der Waals surface area contributed by atoms with Crippen molar-refractivity contribution in [1.29, 1.82) is 0 Å². The first-order valence-electron chi connectivity index (χ1n) is 7.81. The molecule has 23 heavy (non-hydrogen) atoms. The molecule has 0 radical (unpaired) electrons. The van der Waals surface area contributed by atoms with E-state index in [1.165, 1.54) is 4.88 Å². The first-order valence-corrected chi connectivity index (χ1v) is 8.69. The summed E-state index contributed by atoms with van der Waals surface area (Å²) in [6, 6.07) is 6.40. The van der Waals surface area contributed by atoms with Gasteiger partial charge in [-0.3, -0.25) is 9.48 Å². The van der Waals surface area contributed by atoms with Gasteiger partial charge in [-0.15, -0.1) is 23.7 Å². The van der Waals surface area contributed by atoms with Gasteiger partial charge in [0, 0.05) is 30.1 Å². The zero-order valence-corrected chi connectivity index (χ0v) is 14.8. The van der Waals surface area contributed by atoms with Crippen LogP contribution in [0.4, 0.5) is 0 Å². The molecule has 1 amide bonds. The second kappa shape index (κ2) is 8.47. The Bertz CT molecular complexity index is 607. The number of carbonyl (C=O) groups excluding carboxylic acids is 1. The molecule has 2 N–H and O–H groups in total. The number of rotatable bonds is 5. The van der Waals surface area contributed by atoms with Crippen LogP contribution in [0, 0.1) is 0 Å². The summed E-state index contributed by atoms with van der Waals surface area (Å²) in [7, 11) is 0. The van der Waals surface area contributed by atoms with Crippen LogP contribution < -0.4 is 10.6 Å². The van der Waals surface area contributed by atoms with Crippen molar-refractivity contribution in [3.63, 3.8) is 0 Å². The van der Waals surface area contributed by atoms with E-state index in [-0.39, 0.29) is 24.4 Å². The average molecular weight is 355 g/mol. The number of nitrogens with zero attached hydrogens (tertiary/aromatic N) is 2. The normalized spacial score (nSPS) is 18.9. The number of nitrogens with one attached hydrogen (secondary N) is 2. The number of hydrogen-bond donors (Lipinski definition) is 2. The van der Waals surface area contributed by atoms with Crippen LogP contribution >= 0.6 is 23.7 Å². The average Bonchev–Trinajstić information content (AvgIpc) is 3.19. The van der Waals surface area contributed by atoms with Gasteiger partial charge in [-0.2, -0.15) is 5.10 Å². The van der Waals surface area contributed by atoms with Gasteiger partial charge in [-0.1, -0.05) is 6.07 Å². The van der Waals surface area contributed by atoms with Crippen molar-refractivity contribution < 1.29 is 4.79 Å². The summed E-state index contributed by atoms with van der Waals surface area (Å²) in [5.41, 5.74) is 0.503. The third-order valence-electron chi connectivity index (χ3n) is 3.95. The fourth-order valence-corrected chi connectivity index (χ4v) is 3.64. The summed E-state index contributed by atoms with van der Waals surface area (Å²) >= 11 is 1.72. The summed E-state index contributed by atoms with van der Waals surface area (Å²) in [5, 5.41) is 12.9. The van der Waals surface area contributed by atoms with Crippen LogP contribution in [-0.2, 0) is 6.42 Å². The van der Waals surface area contributed by atoms with Crippen molar-refractivity contribution in [2.24, 2.45) is 0 Å². The van der Waals surface area contributed by atoms with Crippen LogP contribution in [0.5, 0.6) is 0 Å². The highest BCUT2D eigenvalue weighted by molar-refractivity contribution is 7.09. The molecule has 1 saturated heterocycles. The molecule has 0 aromatic carbocycles. The van der Waals surface area contributed by atoms with E-state index in [4.69, 9.17) is 0 Å². The van der Waals surface area contributed by atoms with Crippen molar-refractivity contribution in [3.8, 4) is 0 Å². The SMILES string of the molecule is CC(Cc1cccs1)NC(=O)c1ccn(C2CCCNC2)n1.Cl. The number of aromatic nitrogens is 2. The first-order chi connectivity index (χ1) is 10.7. The second-order valence-electron chi connectivity index (χ2n) is 5.84. The molecule has 2 aromatic rings. The predicted molar refractivity (Wildman–Crippen MR) is 95.6 cm³/mol. The van der Waals surface area contributed by atoms with E-state index < -0.39 is 0 Å². The molecule has 0 saturated carbocycles. The highest BCUT2D eigenvalue weighted by Crippen LogP contribution is 2.16. The Kier molecular flexibility index (Phi) is 6.62. The van der Waals surface area contributed by atoms with Crippen LogP contribution in [0.1, 0.15) is 41.2 Å². The third kappa shape index (κ3) is 4.80. The largest absolute Gasteiger partial charge is 0.348 e. The van der Waals surface area contributed by atoms with Crippen LogP contribution in [0.3, 0.4) is 0 Å². The fraction of sp³-hybridized carbons (Fsp3) is 0.500. The van der Waals surface area contributed by atoms with Crippen molar-refractivity contribution >= 4 is 29.7 Å². The maximum atomic E-state index is 12.3. The predicted octanol–water partition coefficient (Wildman–Crippen LogP) is 2.65. The minimum Gasteiger partial charge on any atom is -0.348 e. The molecule has 3 heterocycles. The highest BCUT2D eigenvalue weighted by Gasteiger charge is 2.18. The third-order valence-corrected chi connectivity index (χ3v) is 4.85. The number of piperidine rings is 1. The topological polar surface area (TPSA) is 59.0 Å². The van der Waals surface area contributed by atoms with Gasteiger partial charge in [0.1, 0.15) is 5.69 Å². The molecule has 0 aliphatic carbocycles. The van der Waals surface area contributed by atoms with Crippen molar-refractivity contribution in [2.45, 2.75) is 38.3 Å². The Morgan fingerprint density at radius 2 is 2.43 bits per heavy atom. The summed E-state index contributed by atoms with van der Waals surface area (Å²) in [4.78, 5) is 13.6. The Morgan fingerprint density at radius 1 is 1.57 bits per heavy atom. The molecule has 0 spiro atoms. The van der Waals surface area contributed by atoms with E-state index >= 15 is 0 Å². The smallest absolute Gasteiger partial charge is 0.271 e. The van der Waals surface area contributed by atoms with Gasteiger partial charge >= 0.3 is 0 Å². The van der Waals surface area contributed by atoms with Crippen molar-refractivity contribution in [1.82, 2.24) is 20.4 Å². The van der Waals surface area contributed by atoms with E-state index in [1.807, 2.05) is 29.9 Å². The number of halogens is 1. The molecule has 2 aromatic heterocycles. The molecule has 5 nitrogen and oxygen atoms in total. The molecular formula is C16H23ClN4OS. The van der Waals surface area contributed by atoms with Gasteiger partial charge in [-0.25, -0.2) is 0 Å². The summed E-state index contributed by atoms with van der Waals surface area (Å²) in [6.45, 7) is 4.03. The standard InChI is InChI=1S/C16H22N4OS.ClH/c1-12(10-14-5-3-9-22-14)18-16(21)15-6-8-20(19-15)13-4-2-7-17-11-13;/h3,5-6,8-9,12-13,17H,2,4,7,10-11H2,1H3,(H,18,21);1H. The van der Waals surface area contributed by atoms with E-state index in [0.717, 1.165) is 32.4 Å². The first kappa shape index (κ1) is 18.0. The van der Waals surface area contributed by atoms with Crippen molar-refractivity contribution in [3.05, 3.63) is 40.3 Å². The van der Waals surface area contributed by atoms with Gasteiger partial charge in [0.2, 0.25) is 0 Å². The molecule has 7 heteroatoms. The second-order valence-corrected chi connectivity index (χ2v) is 6.87. The summed E-state index contributed by atoms with van der Waals surface area (Å²) < 4.78 is 1.92. The van der Waals surface area contributed by atoms with E-state index in [9.17, 15) is 4.79 Å². The molecule has 2 unspecified atom stereocenters. The quantitative estimate of drug-likeness (QED) is 0.867. The Morgan fingerprint density at radius 3 is 3.13 bits per heavy atom. The van der Waals surface area contributed by atoms with Gasteiger partial charge in [0.15, 0.2) is 0 Å². The maximum absolute atomic E-state index is 12.3. The Hall–Kier alpha value is -1.37. The molecule has 1 aliphatic rings. The van der Waals surface area contributed by atoms with Gasteiger partial charge < -0.3 is 10.6 Å². The maximum Gasteiger partial charge on any atom is 0.271 e. The van der Waals surface area contributed by atoms with Gasteiger partial charge in [0.25, 0.3) is 5.91 Å². The van der Waals surface area contributed by atoms with E-state index in [0.29, 0.717) is 11.7 Å². The van der Waals surface area contributed by atoms with Crippen LogP contribution in [-0.4, -0.2) is 34.8 Å². The van der Waals surface area contributed by atoms with Crippen LogP contribution in [0.25, 0.3) is 0 Å². The van der Waals surface area contributed by atoms with Gasteiger partial charge in [-0.05, 0) is 43.8 Å². The lowest BCUT2D eigenvalue weighted by Gasteiger charge is -2.22. The zero-order chi connectivity index (χ0) is 15.4. The fourth-order valence-electron chi connectivity index (χ4n) is 2.80. The molecule has 1 aliphatic heterocycles. The lowest BCUT2D eigenvalue weighted by Crippen LogP contribution is -2.35. The molecule has 0 bridgehead atoms. The minimum atomic E-state index is -0.0911. The Labute approximate surface area is 146 Å². The summed E-state index contributed by atoms with van der Waals surface area (Å²) in [6.07, 6.45) is 5.04. The number of hydrogen-bond acceptors (Lipinski definition) is 4. The monoisotopic (exact) mass is 354 g/mol. The lowest BCUT2D eigenvalue weighted by atomic mass is 10.1. The van der Waals surface area contributed by atoms with Crippen LogP contribution in [0.2, 0.25) is 0 Å². The highest BCUT2D eigenvalue weighted by atomic mass is 35.5. The number of carbonyl (C=O) groups is 1. The minimum absolute atomic E-state index is 0. The molecule has 2 atom stereocenters. The number of thiophene rings is 1. The Balaban J connectivity index is 0.00000192. The van der Waals surface area contributed by atoms with Crippen LogP contribution in [0.15, 0.2) is 29.8 Å². The molecular weight excluding hydrogens is 332 g/mol. The van der Waals surface area contributed by atoms with E-state index in [2.05, 4.69) is 27.2 Å². The summed E-state index contributed by atoms with van der Waals surface area (Å²) in [5.74, 6) is -0.0911. The zero-order valence-electron chi connectivity index (χ0n) is 13.2.